The molecule has 7 nitrogen and oxygen atoms in total. The maximum atomic E-state index is 9.10. The molecule has 1 saturated heterocycles. The second-order valence-corrected chi connectivity index (χ2v) is 5.80. The summed E-state index contributed by atoms with van der Waals surface area (Å²) < 4.78 is 7.48. The van der Waals surface area contributed by atoms with Crippen molar-refractivity contribution in [1.29, 1.82) is 5.26 Å². The largest absolute Gasteiger partial charge is 0.381 e. The Balaban J connectivity index is 1.91. The van der Waals surface area contributed by atoms with Gasteiger partial charge in [-0.3, -0.25) is 0 Å². The first-order chi connectivity index (χ1) is 11.2. The van der Waals surface area contributed by atoms with Crippen LogP contribution in [0.15, 0.2) is 18.5 Å². The highest BCUT2D eigenvalue weighted by Gasteiger charge is 2.29. The monoisotopic (exact) mass is 312 g/mol. The van der Waals surface area contributed by atoms with E-state index in [1.165, 1.54) is 0 Å². The molecule has 1 aliphatic rings. The molecule has 3 rings (SSSR count). The molecule has 1 fully saturated rings. The molecule has 2 aromatic heterocycles. The first-order valence-corrected chi connectivity index (χ1v) is 7.74. The lowest BCUT2D eigenvalue weighted by Gasteiger charge is -2.30. The standard InChI is InChI=1S/C16H20N6O/c1-11-9-13(10-17)20-16(19-11)21-14(12-3-7-23-8-4-12)15-18-5-6-22(15)2/h5-6,9,12,14H,3-4,7-8H2,1-2H3,(H,19,20,21). The summed E-state index contributed by atoms with van der Waals surface area (Å²) in [5, 5.41) is 12.5. The molecule has 0 aromatic carbocycles. The molecular formula is C16H20N6O. The molecule has 0 aliphatic carbocycles. The number of hydrogen-bond acceptors (Lipinski definition) is 6. The predicted molar refractivity (Wildman–Crippen MR) is 84.6 cm³/mol. The van der Waals surface area contributed by atoms with E-state index in [1.807, 2.05) is 24.7 Å². The van der Waals surface area contributed by atoms with Crippen molar-refractivity contribution < 1.29 is 4.74 Å². The van der Waals surface area contributed by atoms with E-state index in [1.54, 1.807) is 12.3 Å². The fourth-order valence-electron chi connectivity index (χ4n) is 2.95. The second kappa shape index (κ2) is 6.75. The number of aryl methyl sites for hydroxylation is 2. The van der Waals surface area contributed by atoms with Gasteiger partial charge in [0.2, 0.25) is 5.95 Å². The lowest BCUT2D eigenvalue weighted by molar-refractivity contribution is 0.0593. The molecule has 120 valence electrons. The van der Waals surface area contributed by atoms with Crippen molar-refractivity contribution in [2.45, 2.75) is 25.8 Å². The Morgan fingerprint density at radius 1 is 1.39 bits per heavy atom. The van der Waals surface area contributed by atoms with Crippen LogP contribution in [0.1, 0.15) is 36.1 Å². The number of nitrogens with zero attached hydrogens (tertiary/aromatic N) is 5. The molecule has 1 atom stereocenters. The summed E-state index contributed by atoms with van der Waals surface area (Å²) in [5.41, 5.74) is 1.13. The van der Waals surface area contributed by atoms with Crippen LogP contribution >= 0.6 is 0 Å². The van der Waals surface area contributed by atoms with Crippen LogP contribution < -0.4 is 5.32 Å². The van der Waals surface area contributed by atoms with E-state index in [0.717, 1.165) is 37.6 Å². The molecular weight excluding hydrogens is 292 g/mol. The molecule has 2 aromatic rings. The minimum atomic E-state index is -0.00718. The lowest BCUT2D eigenvalue weighted by Crippen LogP contribution is -2.29. The van der Waals surface area contributed by atoms with Crippen LogP contribution in [0.3, 0.4) is 0 Å². The van der Waals surface area contributed by atoms with Crippen molar-refractivity contribution in [2.24, 2.45) is 13.0 Å². The Hall–Kier alpha value is -2.46. The maximum absolute atomic E-state index is 9.10. The number of ether oxygens (including phenoxy) is 1. The first-order valence-electron chi connectivity index (χ1n) is 7.74. The molecule has 1 aliphatic heterocycles. The van der Waals surface area contributed by atoms with Crippen molar-refractivity contribution >= 4 is 5.95 Å². The van der Waals surface area contributed by atoms with Crippen molar-refractivity contribution in [3.05, 3.63) is 35.7 Å². The summed E-state index contributed by atoms with van der Waals surface area (Å²) in [7, 11) is 1.98. The van der Waals surface area contributed by atoms with E-state index in [9.17, 15) is 0 Å². The smallest absolute Gasteiger partial charge is 0.224 e. The minimum Gasteiger partial charge on any atom is -0.381 e. The van der Waals surface area contributed by atoms with Crippen LogP contribution in [-0.4, -0.2) is 32.7 Å². The Labute approximate surface area is 135 Å². The van der Waals surface area contributed by atoms with Gasteiger partial charge in [-0.15, -0.1) is 0 Å². The van der Waals surface area contributed by atoms with Crippen LogP contribution in [-0.2, 0) is 11.8 Å². The average molecular weight is 312 g/mol. The molecule has 1 unspecified atom stereocenters. The summed E-state index contributed by atoms with van der Waals surface area (Å²) in [6.45, 7) is 3.37. The van der Waals surface area contributed by atoms with Crippen LogP contribution in [0.4, 0.5) is 5.95 Å². The highest BCUT2D eigenvalue weighted by atomic mass is 16.5. The lowest BCUT2D eigenvalue weighted by atomic mass is 9.91. The van der Waals surface area contributed by atoms with Gasteiger partial charge in [-0.05, 0) is 31.7 Å². The van der Waals surface area contributed by atoms with E-state index in [0.29, 0.717) is 17.6 Å². The van der Waals surface area contributed by atoms with Crippen molar-refractivity contribution in [3.63, 3.8) is 0 Å². The van der Waals surface area contributed by atoms with Gasteiger partial charge in [0.1, 0.15) is 17.6 Å². The summed E-state index contributed by atoms with van der Waals surface area (Å²) in [6, 6.07) is 3.74. The van der Waals surface area contributed by atoms with Gasteiger partial charge in [-0.2, -0.15) is 5.26 Å². The van der Waals surface area contributed by atoms with Crippen molar-refractivity contribution in [2.75, 3.05) is 18.5 Å². The fraction of sp³-hybridized carbons (Fsp3) is 0.500. The number of nitrogens with one attached hydrogen (secondary N) is 1. The average Bonchev–Trinajstić information content (AvgIpc) is 2.98. The van der Waals surface area contributed by atoms with E-state index in [-0.39, 0.29) is 6.04 Å². The van der Waals surface area contributed by atoms with Gasteiger partial charge in [-0.1, -0.05) is 0 Å². The zero-order valence-corrected chi connectivity index (χ0v) is 13.4. The van der Waals surface area contributed by atoms with Gasteiger partial charge in [0.15, 0.2) is 0 Å². The summed E-state index contributed by atoms with van der Waals surface area (Å²) in [4.78, 5) is 13.2. The third kappa shape index (κ3) is 3.48. The number of anilines is 1. The molecule has 0 saturated carbocycles. The molecule has 0 bridgehead atoms. The first kappa shape index (κ1) is 15.4. The van der Waals surface area contributed by atoms with Crippen LogP contribution in [0, 0.1) is 24.2 Å². The molecule has 1 N–H and O–H groups in total. The van der Waals surface area contributed by atoms with E-state index < -0.39 is 0 Å². The zero-order chi connectivity index (χ0) is 16.2. The number of rotatable bonds is 4. The number of hydrogen-bond donors (Lipinski definition) is 1. The summed E-state index contributed by atoms with van der Waals surface area (Å²) in [5.74, 6) is 1.81. The molecule has 23 heavy (non-hydrogen) atoms. The molecule has 3 heterocycles. The highest BCUT2D eigenvalue weighted by Crippen LogP contribution is 2.31. The second-order valence-electron chi connectivity index (χ2n) is 5.80. The van der Waals surface area contributed by atoms with Crippen LogP contribution in [0.25, 0.3) is 0 Å². The zero-order valence-electron chi connectivity index (χ0n) is 13.4. The van der Waals surface area contributed by atoms with E-state index in [2.05, 4.69) is 26.3 Å². The van der Waals surface area contributed by atoms with Gasteiger partial charge in [0, 0.05) is 38.3 Å². The van der Waals surface area contributed by atoms with Crippen LogP contribution in [0.2, 0.25) is 0 Å². The Morgan fingerprint density at radius 3 is 2.83 bits per heavy atom. The Bertz CT molecular complexity index is 714. The summed E-state index contributed by atoms with van der Waals surface area (Å²) >= 11 is 0. The third-order valence-electron chi connectivity index (χ3n) is 4.13. The van der Waals surface area contributed by atoms with Gasteiger partial charge in [0.25, 0.3) is 0 Å². The molecule has 7 heteroatoms. The van der Waals surface area contributed by atoms with Gasteiger partial charge in [-0.25, -0.2) is 15.0 Å². The van der Waals surface area contributed by atoms with Crippen molar-refractivity contribution in [3.8, 4) is 6.07 Å². The van der Waals surface area contributed by atoms with E-state index in [4.69, 9.17) is 10.00 Å². The quantitative estimate of drug-likeness (QED) is 0.928. The van der Waals surface area contributed by atoms with Gasteiger partial charge < -0.3 is 14.6 Å². The minimum absolute atomic E-state index is 0.00718. The number of nitriles is 1. The van der Waals surface area contributed by atoms with E-state index >= 15 is 0 Å². The fourth-order valence-corrected chi connectivity index (χ4v) is 2.95. The molecule has 0 spiro atoms. The molecule has 0 radical (unpaired) electrons. The highest BCUT2D eigenvalue weighted by molar-refractivity contribution is 5.35. The SMILES string of the molecule is Cc1cc(C#N)nc(NC(c2nccn2C)C2CCOCC2)n1. The predicted octanol–water partition coefficient (Wildman–Crippen LogP) is 1.97. The number of aromatic nitrogens is 4. The van der Waals surface area contributed by atoms with Gasteiger partial charge in [0.05, 0.1) is 6.04 Å². The van der Waals surface area contributed by atoms with Crippen LogP contribution in [0.5, 0.6) is 0 Å². The van der Waals surface area contributed by atoms with Gasteiger partial charge >= 0.3 is 0 Å². The van der Waals surface area contributed by atoms with Crippen molar-refractivity contribution in [1.82, 2.24) is 19.5 Å². The number of imidazole rings is 1. The normalized spacial score (nSPS) is 16.7. The third-order valence-corrected chi connectivity index (χ3v) is 4.13. The Morgan fingerprint density at radius 2 is 2.17 bits per heavy atom. The Kier molecular flexibility index (Phi) is 4.53. The summed E-state index contributed by atoms with van der Waals surface area (Å²) in [6.07, 6.45) is 5.64. The topological polar surface area (TPSA) is 88.7 Å². The maximum Gasteiger partial charge on any atom is 0.224 e. The molecule has 0 amide bonds.